The van der Waals surface area contributed by atoms with E-state index in [2.05, 4.69) is 113 Å². The zero-order valence-corrected chi connectivity index (χ0v) is 50.1. The van der Waals surface area contributed by atoms with E-state index in [0.29, 0.717) is 77.8 Å². The largest absolute Gasteiger partial charge is 0.458 e. The second kappa shape index (κ2) is 22.7. The van der Waals surface area contributed by atoms with E-state index in [9.17, 15) is 9.59 Å². The third-order valence-corrected chi connectivity index (χ3v) is 18.2. The summed E-state index contributed by atoms with van der Waals surface area (Å²) in [4.78, 5) is 68.6. The van der Waals surface area contributed by atoms with Gasteiger partial charge >= 0.3 is 11.9 Å². The summed E-state index contributed by atoms with van der Waals surface area (Å²) in [6, 6.07) is 0. The van der Waals surface area contributed by atoms with Crippen LogP contribution in [0.5, 0.6) is 0 Å². The fraction of sp³-hybridized carbons (Fsp3) is 0.790. The van der Waals surface area contributed by atoms with Crippen molar-refractivity contribution in [3.8, 4) is 0 Å². The van der Waals surface area contributed by atoms with Crippen molar-refractivity contribution in [1.82, 2.24) is 10.3 Å². The van der Waals surface area contributed by atoms with Crippen molar-refractivity contribution in [1.29, 1.82) is 0 Å². The fourth-order valence-corrected chi connectivity index (χ4v) is 12.6. The summed E-state index contributed by atoms with van der Waals surface area (Å²) < 4.78 is 13.9. The van der Waals surface area contributed by atoms with Gasteiger partial charge in [-0.25, -0.2) is 14.6 Å². The number of nitrogens with one attached hydrogen (secondary N) is 3. The summed E-state index contributed by atoms with van der Waals surface area (Å²) in [5.41, 5.74) is 1.05. The lowest BCUT2D eigenvalue weighted by Crippen LogP contribution is -2.50. The normalized spacial score (nSPS) is 25.5. The van der Waals surface area contributed by atoms with Gasteiger partial charge in [0.25, 0.3) is 0 Å². The molecule has 0 saturated heterocycles. The molecule has 0 bridgehead atoms. The van der Waals surface area contributed by atoms with E-state index in [4.69, 9.17) is 14.5 Å². The molecule has 2 heterocycles. The Morgan fingerprint density at radius 1 is 0.597 bits per heavy atom. The number of amides is 2. The highest BCUT2D eigenvalue weighted by Gasteiger charge is 2.51. The Kier molecular flexibility index (Phi) is 19.1. The van der Waals surface area contributed by atoms with Gasteiger partial charge in [-0.3, -0.25) is 9.59 Å². The number of hydrogen-bond donors (Lipinski definition) is 3. The lowest BCUT2D eigenvalue weighted by atomic mass is 9.59. The molecule has 1 aromatic rings. The third-order valence-electron chi connectivity index (χ3n) is 18.2. The van der Waals surface area contributed by atoms with Crippen LogP contribution in [0.25, 0.3) is 6.08 Å². The number of nitrogens with zero attached hydrogens (tertiary/aromatic N) is 1. The van der Waals surface area contributed by atoms with Gasteiger partial charge in [0.2, 0.25) is 11.8 Å². The van der Waals surface area contributed by atoms with Crippen molar-refractivity contribution in [2.45, 2.75) is 242 Å². The molecule has 3 aliphatic rings. The van der Waals surface area contributed by atoms with Crippen LogP contribution >= 0.6 is 0 Å². The number of H-pyrrole nitrogens is 1. The number of aromatic amines is 1. The van der Waals surface area contributed by atoms with Gasteiger partial charge < -0.3 is 25.1 Å². The van der Waals surface area contributed by atoms with Crippen LogP contribution in [-0.2, 0) is 23.9 Å². The molecule has 408 valence electrons. The number of allylic oxidation sites excluding steroid dienone is 1. The van der Waals surface area contributed by atoms with Crippen LogP contribution in [0.15, 0.2) is 21.8 Å². The molecule has 4 unspecified atom stereocenters. The second-order valence-corrected chi connectivity index (χ2v) is 28.1. The molecule has 0 radical (unpaired) electrons. The van der Waals surface area contributed by atoms with Gasteiger partial charge in [0.05, 0.1) is 5.70 Å². The third kappa shape index (κ3) is 13.0. The molecule has 2 aliphatic carbocycles. The van der Waals surface area contributed by atoms with E-state index in [1.807, 2.05) is 75.3 Å². The van der Waals surface area contributed by atoms with E-state index in [-0.39, 0.29) is 92.6 Å². The van der Waals surface area contributed by atoms with Crippen LogP contribution in [-0.4, -0.2) is 46.8 Å². The minimum atomic E-state index is -0.706. The van der Waals surface area contributed by atoms with E-state index >= 15 is 9.59 Å². The van der Waals surface area contributed by atoms with E-state index in [0.717, 1.165) is 25.7 Å². The van der Waals surface area contributed by atoms with Crippen molar-refractivity contribution >= 4 is 41.5 Å². The molecule has 4 rings (SSSR count). The first kappa shape index (κ1) is 60.9. The molecule has 2 saturated carbocycles. The van der Waals surface area contributed by atoms with Crippen molar-refractivity contribution in [2.75, 3.05) is 5.32 Å². The summed E-state index contributed by atoms with van der Waals surface area (Å²) in [7, 11) is 0. The number of aliphatic imine (C=N–C) groups is 1. The highest BCUT2D eigenvalue weighted by molar-refractivity contribution is 6.26. The van der Waals surface area contributed by atoms with E-state index in [1.54, 1.807) is 0 Å². The summed E-state index contributed by atoms with van der Waals surface area (Å²) >= 11 is 0. The van der Waals surface area contributed by atoms with Gasteiger partial charge in [0.15, 0.2) is 0 Å². The quantitative estimate of drug-likeness (QED) is 0.150. The standard InChI is InChI=1S/C62H104N4O6/c1-25-61(24,26-2)55(69)65-51-47(53(67)71-49-39(57(12,13)14)30-37(10)31-40(49)58(15,16)17)45(35(6)7)43(63-51)34-44-46(36(8)9)48(52(64-44)66-56(70)62(27-3,28-4)29-5)54(68)72-50-41(59(18,19)20)32-38(11)33-42(50)60(21,22)23/h34-42,49-50,64H,25-33H2,1-24H3,(H,66,70)(H,63,65,69). The smallest absolute Gasteiger partial charge is 0.342 e. The molecule has 0 aromatic carbocycles. The van der Waals surface area contributed by atoms with Crippen LogP contribution in [0.1, 0.15) is 251 Å². The van der Waals surface area contributed by atoms with Crippen LogP contribution < -0.4 is 10.6 Å². The topological polar surface area (TPSA) is 139 Å². The first-order valence-electron chi connectivity index (χ1n) is 28.3. The second-order valence-electron chi connectivity index (χ2n) is 28.1. The van der Waals surface area contributed by atoms with E-state index in [1.165, 1.54) is 0 Å². The molecule has 1 aliphatic heterocycles. The van der Waals surface area contributed by atoms with Gasteiger partial charge in [-0.05, 0) is 120 Å². The zero-order valence-electron chi connectivity index (χ0n) is 50.1. The number of rotatable bonds is 15. The molecule has 2 fully saturated rings. The Morgan fingerprint density at radius 2 is 1.00 bits per heavy atom. The maximum Gasteiger partial charge on any atom is 0.342 e. The van der Waals surface area contributed by atoms with Gasteiger partial charge in [0.1, 0.15) is 35.0 Å². The molecule has 1 aromatic heterocycles. The summed E-state index contributed by atoms with van der Waals surface area (Å²) in [6.07, 6.45) is 8.04. The molecule has 72 heavy (non-hydrogen) atoms. The minimum absolute atomic E-state index is 0.105. The Hall–Kier alpha value is -3.69. The number of aromatic nitrogens is 1. The number of carbonyl (C=O) groups excluding carboxylic acids is 4. The van der Waals surface area contributed by atoms with Crippen LogP contribution in [0.4, 0.5) is 5.82 Å². The number of esters is 2. The molecular weight excluding hydrogens is 897 g/mol. The number of ether oxygens (including phenoxy) is 2. The Balaban J connectivity index is 2.08. The van der Waals surface area contributed by atoms with Gasteiger partial charge in [-0.1, -0.05) is 166 Å². The first-order chi connectivity index (χ1) is 33.0. The zero-order chi connectivity index (χ0) is 55.0. The van der Waals surface area contributed by atoms with Crippen molar-refractivity contribution in [3.05, 3.63) is 33.7 Å². The highest BCUT2D eigenvalue weighted by Crippen LogP contribution is 2.52. The Morgan fingerprint density at radius 3 is 1.35 bits per heavy atom. The van der Waals surface area contributed by atoms with Gasteiger partial charge in [-0.15, -0.1) is 0 Å². The summed E-state index contributed by atoms with van der Waals surface area (Å²) in [5.74, 6) is 0.0580. The van der Waals surface area contributed by atoms with Crippen molar-refractivity contribution < 1.29 is 28.7 Å². The SMILES string of the molecule is CCC(C)(CC)C(=O)NC1=NC(=Cc2[nH]c(NC(=O)C(CC)(CC)CC)c(C(=O)OC3C(C(C)(C)C)CC(C)CC3C(C)(C)C)c2C(C)C)C(C(C)C)=C1C(=O)OC1C(C(C)(C)C)CC(C)CC1C(C)(C)C. The molecule has 10 heteroatoms. The van der Waals surface area contributed by atoms with Crippen LogP contribution in [0.3, 0.4) is 0 Å². The number of anilines is 1. The van der Waals surface area contributed by atoms with Gasteiger partial charge in [-0.2, -0.15) is 0 Å². The molecule has 0 spiro atoms. The van der Waals surface area contributed by atoms with Crippen molar-refractivity contribution in [3.63, 3.8) is 0 Å². The predicted molar refractivity (Wildman–Crippen MR) is 299 cm³/mol. The fourth-order valence-electron chi connectivity index (χ4n) is 12.6. The molecule has 4 atom stereocenters. The lowest BCUT2D eigenvalue weighted by molar-refractivity contribution is -0.164. The average molecular weight is 1000 g/mol. The molecular formula is C62H104N4O6. The summed E-state index contributed by atoms with van der Waals surface area (Å²) in [5, 5.41) is 6.42. The van der Waals surface area contributed by atoms with E-state index < -0.39 is 22.8 Å². The molecule has 10 nitrogen and oxygen atoms in total. The molecule has 3 N–H and O–H groups in total. The average Bonchev–Trinajstić information content (AvgIpc) is 3.81. The maximum absolute atomic E-state index is 15.5. The summed E-state index contributed by atoms with van der Waals surface area (Å²) in [6.45, 7) is 51.8. The van der Waals surface area contributed by atoms with Gasteiger partial charge in [0, 0.05) is 40.2 Å². The monoisotopic (exact) mass is 1000 g/mol. The van der Waals surface area contributed by atoms with Crippen LogP contribution in [0.2, 0.25) is 0 Å². The Bertz CT molecular complexity index is 2150. The minimum Gasteiger partial charge on any atom is -0.458 e. The number of carbonyl (C=O) groups is 4. The maximum atomic E-state index is 15.5. The highest BCUT2D eigenvalue weighted by atomic mass is 16.5. The predicted octanol–water partition coefficient (Wildman–Crippen LogP) is 15.9. The first-order valence-corrected chi connectivity index (χ1v) is 28.3. The number of amidine groups is 1. The Labute approximate surface area is 438 Å². The van der Waals surface area contributed by atoms with Crippen molar-refractivity contribution in [2.24, 2.45) is 78.9 Å². The number of hydrogen-bond acceptors (Lipinski definition) is 7. The van der Waals surface area contributed by atoms with Crippen LogP contribution in [0, 0.1) is 73.9 Å². The lowest BCUT2D eigenvalue weighted by Gasteiger charge is -2.50. The molecule has 2 amide bonds.